The van der Waals surface area contributed by atoms with Gasteiger partial charge in [0.15, 0.2) is 6.61 Å². The number of carbonyl (C=O) groups is 2. The smallest absolute Gasteiger partial charge is 0.305 e. The third kappa shape index (κ3) is 4.48. The van der Waals surface area contributed by atoms with Gasteiger partial charge in [0.1, 0.15) is 11.5 Å². The molecule has 0 bridgehead atoms. The van der Waals surface area contributed by atoms with E-state index in [0.29, 0.717) is 36.7 Å². The first-order valence-electron chi connectivity index (χ1n) is 7.29. The Kier molecular flexibility index (Phi) is 5.60. The fraction of sp³-hybridized carbons (Fsp3) is 0.500. The molecule has 0 aromatic heterocycles. The van der Waals surface area contributed by atoms with Gasteiger partial charge in [0.05, 0.1) is 18.8 Å². The van der Waals surface area contributed by atoms with Crippen LogP contribution in [0.1, 0.15) is 43.0 Å². The summed E-state index contributed by atoms with van der Waals surface area (Å²) in [5.74, 6) is 1.17. The van der Waals surface area contributed by atoms with Gasteiger partial charge in [-0.1, -0.05) is 0 Å². The van der Waals surface area contributed by atoms with Crippen LogP contribution in [0.25, 0.3) is 0 Å². The minimum absolute atomic E-state index is 0.00974. The number of Topliss-reactive ketones (excluding diaryl/α,β-unsaturated/α-hetero) is 1. The minimum atomic E-state index is -0.140. The van der Waals surface area contributed by atoms with Crippen molar-refractivity contribution < 1.29 is 23.8 Å². The van der Waals surface area contributed by atoms with E-state index in [1.807, 2.05) is 0 Å². The molecule has 0 radical (unpaired) electrons. The van der Waals surface area contributed by atoms with Gasteiger partial charge in [-0.3, -0.25) is 9.59 Å². The fourth-order valence-electron chi connectivity index (χ4n) is 2.13. The maximum atomic E-state index is 11.4. The predicted octanol–water partition coefficient (Wildman–Crippen LogP) is 2.76. The van der Waals surface area contributed by atoms with E-state index in [1.54, 1.807) is 25.1 Å². The third-order valence-corrected chi connectivity index (χ3v) is 3.21. The molecule has 2 rings (SSSR count). The van der Waals surface area contributed by atoms with Crippen molar-refractivity contribution in [1.82, 2.24) is 0 Å². The number of rotatable bonds is 8. The van der Waals surface area contributed by atoms with Crippen LogP contribution in [-0.2, 0) is 9.53 Å². The molecule has 0 fully saturated rings. The normalized spacial score (nSPS) is 12.7. The number of unbranched alkanes of at least 4 members (excludes halogenated alkanes) is 2. The second-order valence-electron chi connectivity index (χ2n) is 4.83. The zero-order valence-corrected chi connectivity index (χ0v) is 12.2. The van der Waals surface area contributed by atoms with E-state index in [-0.39, 0.29) is 18.4 Å². The van der Waals surface area contributed by atoms with Crippen LogP contribution in [0.15, 0.2) is 18.2 Å². The quantitative estimate of drug-likeness (QED) is 0.544. The molecule has 1 heterocycles. The minimum Gasteiger partial charge on any atom is -0.493 e. The first-order chi connectivity index (χ1) is 10.2. The van der Waals surface area contributed by atoms with Crippen molar-refractivity contribution in [2.24, 2.45) is 0 Å². The molecule has 1 aliphatic heterocycles. The highest BCUT2D eigenvalue weighted by Crippen LogP contribution is 2.29. The van der Waals surface area contributed by atoms with E-state index in [4.69, 9.17) is 14.2 Å². The second-order valence-corrected chi connectivity index (χ2v) is 4.83. The SMILES string of the molecule is CCOC(=O)CCCCCOc1ccc2c(c1)OCC2=O. The van der Waals surface area contributed by atoms with Gasteiger partial charge < -0.3 is 14.2 Å². The molecule has 0 spiro atoms. The molecule has 0 saturated carbocycles. The average molecular weight is 292 g/mol. The Morgan fingerprint density at radius 1 is 1.29 bits per heavy atom. The summed E-state index contributed by atoms with van der Waals surface area (Å²) < 4.78 is 15.7. The summed E-state index contributed by atoms with van der Waals surface area (Å²) in [6.07, 6.45) is 3.06. The maximum absolute atomic E-state index is 11.4. The van der Waals surface area contributed by atoms with Crippen LogP contribution < -0.4 is 9.47 Å². The second kappa shape index (κ2) is 7.67. The van der Waals surface area contributed by atoms with Crippen molar-refractivity contribution in [2.45, 2.75) is 32.6 Å². The Hall–Kier alpha value is -2.04. The highest BCUT2D eigenvalue weighted by atomic mass is 16.5. The van der Waals surface area contributed by atoms with E-state index in [1.165, 1.54) is 0 Å². The fourth-order valence-corrected chi connectivity index (χ4v) is 2.13. The molecule has 0 N–H and O–H groups in total. The number of carbonyl (C=O) groups excluding carboxylic acids is 2. The van der Waals surface area contributed by atoms with Gasteiger partial charge in [-0.05, 0) is 38.3 Å². The lowest BCUT2D eigenvalue weighted by atomic mass is 10.1. The summed E-state index contributed by atoms with van der Waals surface area (Å²) in [6.45, 7) is 2.94. The molecular formula is C16H20O5. The van der Waals surface area contributed by atoms with Crippen LogP contribution in [-0.4, -0.2) is 31.6 Å². The molecule has 1 aromatic carbocycles. The number of ether oxygens (including phenoxy) is 3. The Morgan fingerprint density at radius 3 is 2.95 bits per heavy atom. The summed E-state index contributed by atoms with van der Waals surface area (Å²) in [6, 6.07) is 5.27. The lowest BCUT2D eigenvalue weighted by molar-refractivity contribution is -0.143. The lowest BCUT2D eigenvalue weighted by Crippen LogP contribution is -2.04. The number of hydrogen-bond acceptors (Lipinski definition) is 5. The van der Waals surface area contributed by atoms with Gasteiger partial charge in [0, 0.05) is 12.5 Å². The molecular weight excluding hydrogens is 272 g/mol. The van der Waals surface area contributed by atoms with E-state index in [0.717, 1.165) is 19.3 Å². The van der Waals surface area contributed by atoms with Crippen LogP contribution >= 0.6 is 0 Å². The standard InChI is InChI=1S/C16H20O5/c1-2-19-16(18)6-4-3-5-9-20-12-7-8-13-14(17)11-21-15(13)10-12/h7-8,10H,2-6,9,11H2,1H3. The van der Waals surface area contributed by atoms with E-state index in [9.17, 15) is 9.59 Å². The number of fused-ring (bicyclic) bond motifs is 1. The molecule has 1 aromatic rings. The average Bonchev–Trinajstić information content (AvgIpc) is 2.84. The molecule has 5 nitrogen and oxygen atoms in total. The molecule has 5 heteroatoms. The lowest BCUT2D eigenvalue weighted by Gasteiger charge is -2.07. The Balaban J connectivity index is 1.63. The van der Waals surface area contributed by atoms with Gasteiger partial charge in [-0.15, -0.1) is 0 Å². The van der Waals surface area contributed by atoms with Crippen LogP contribution in [0.2, 0.25) is 0 Å². The summed E-state index contributed by atoms with van der Waals surface area (Å²) in [5.41, 5.74) is 0.622. The van der Waals surface area contributed by atoms with E-state index in [2.05, 4.69) is 0 Å². The largest absolute Gasteiger partial charge is 0.493 e. The van der Waals surface area contributed by atoms with Crippen molar-refractivity contribution in [3.05, 3.63) is 23.8 Å². The third-order valence-electron chi connectivity index (χ3n) is 3.21. The summed E-state index contributed by atoms with van der Waals surface area (Å²) >= 11 is 0. The molecule has 0 saturated heterocycles. The molecule has 0 atom stereocenters. The van der Waals surface area contributed by atoms with Crippen molar-refractivity contribution in [2.75, 3.05) is 19.8 Å². The molecule has 0 aliphatic carbocycles. The summed E-state index contributed by atoms with van der Waals surface area (Å²) in [4.78, 5) is 22.5. The molecule has 0 amide bonds. The first kappa shape index (κ1) is 15.4. The van der Waals surface area contributed by atoms with Crippen molar-refractivity contribution in [1.29, 1.82) is 0 Å². The summed E-state index contributed by atoms with van der Waals surface area (Å²) in [7, 11) is 0. The predicted molar refractivity (Wildman–Crippen MR) is 76.9 cm³/mol. The molecule has 1 aliphatic rings. The Morgan fingerprint density at radius 2 is 2.14 bits per heavy atom. The van der Waals surface area contributed by atoms with Gasteiger partial charge in [0.25, 0.3) is 0 Å². The highest BCUT2D eigenvalue weighted by Gasteiger charge is 2.21. The van der Waals surface area contributed by atoms with Crippen LogP contribution in [0, 0.1) is 0 Å². The van der Waals surface area contributed by atoms with Crippen molar-refractivity contribution in [3.8, 4) is 11.5 Å². The zero-order valence-electron chi connectivity index (χ0n) is 12.2. The highest BCUT2D eigenvalue weighted by molar-refractivity contribution is 6.02. The first-order valence-corrected chi connectivity index (χ1v) is 7.29. The van der Waals surface area contributed by atoms with Crippen LogP contribution in [0.3, 0.4) is 0 Å². The zero-order chi connectivity index (χ0) is 15.1. The van der Waals surface area contributed by atoms with Gasteiger partial charge in [-0.2, -0.15) is 0 Å². The summed E-state index contributed by atoms with van der Waals surface area (Å²) in [5, 5.41) is 0. The molecule has 0 unspecified atom stereocenters. The number of ketones is 1. The molecule has 21 heavy (non-hydrogen) atoms. The van der Waals surface area contributed by atoms with Crippen molar-refractivity contribution >= 4 is 11.8 Å². The van der Waals surface area contributed by atoms with Gasteiger partial charge >= 0.3 is 5.97 Å². The number of hydrogen-bond donors (Lipinski definition) is 0. The topological polar surface area (TPSA) is 61.8 Å². The van der Waals surface area contributed by atoms with Crippen molar-refractivity contribution in [3.63, 3.8) is 0 Å². The van der Waals surface area contributed by atoms with Gasteiger partial charge in [-0.25, -0.2) is 0 Å². The van der Waals surface area contributed by atoms with E-state index >= 15 is 0 Å². The maximum Gasteiger partial charge on any atom is 0.305 e. The number of esters is 1. The Bertz CT molecular complexity index is 509. The molecule has 114 valence electrons. The monoisotopic (exact) mass is 292 g/mol. The van der Waals surface area contributed by atoms with Gasteiger partial charge in [0.2, 0.25) is 5.78 Å². The van der Waals surface area contributed by atoms with Crippen LogP contribution in [0.4, 0.5) is 0 Å². The van der Waals surface area contributed by atoms with Crippen LogP contribution in [0.5, 0.6) is 11.5 Å². The Labute approximate surface area is 124 Å². The van der Waals surface area contributed by atoms with E-state index < -0.39 is 0 Å². The number of benzene rings is 1.